The first kappa shape index (κ1) is 23.9. The molecule has 170 valence electrons. The van der Waals surface area contributed by atoms with Gasteiger partial charge in [-0.25, -0.2) is 13.8 Å². The van der Waals surface area contributed by atoms with E-state index in [1.165, 1.54) is 28.7 Å². The van der Waals surface area contributed by atoms with E-state index < -0.39 is 20.9 Å². The molecule has 9 nitrogen and oxygen atoms in total. The number of nitro groups is 1. The highest BCUT2D eigenvalue weighted by molar-refractivity contribution is 7.92. The average Bonchev–Trinajstić information content (AvgIpc) is 2.78. The van der Waals surface area contributed by atoms with Crippen molar-refractivity contribution in [1.82, 2.24) is 5.43 Å². The van der Waals surface area contributed by atoms with Crippen molar-refractivity contribution in [2.45, 2.75) is 6.54 Å². The predicted octanol–water partition coefficient (Wildman–Crippen LogP) is 3.98. The minimum atomic E-state index is -3.51. The predicted molar refractivity (Wildman–Crippen MR) is 127 cm³/mol. The maximum atomic E-state index is 12.3. The molecule has 0 unspecified atom stereocenters. The Balaban J connectivity index is 1.68. The summed E-state index contributed by atoms with van der Waals surface area (Å²) in [4.78, 5) is 22.7. The van der Waals surface area contributed by atoms with Crippen LogP contribution < -0.4 is 9.73 Å². The van der Waals surface area contributed by atoms with Crippen LogP contribution in [0.1, 0.15) is 21.5 Å². The third kappa shape index (κ3) is 6.37. The van der Waals surface area contributed by atoms with Crippen molar-refractivity contribution < 1.29 is 18.1 Å². The monoisotopic (exact) mass is 486 g/mol. The first-order valence-corrected chi connectivity index (χ1v) is 11.8. The lowest BCUT2D eigenvalue weighted by molar-refractivity contribution is -0.384. The number of anilines is 1. The summed E-state index contributed by atoms with van der Waals surface area (Å²) in [6, 6.07) is 19.0. The van der Waals surface area contributed by atoms with E-state index in [0.717, 1.165) is 6.26 Å². The molecule has 0 aliphatic rings. The molecule has 0 aliphatic heterocycles. The van der Waals surface area contributed by atoms with Crippen LogP contribution in [-0.4, -0.2) is 31.7 Å². The Morgan fingerprint density at radius 2 is 1.79 bits per heavy atom. The summed E-state index contributed by atoms with van der Waals surface area (Å²) < 4.78 is 25.7. The Hall–Kier alpha value is -3.76. The van der Waals surface area contributed by atoms with E-state index in [9.17, 15) is 23.3 Å². The number of hydrogen-bond acceptors (Lipinski definition) is 6. The summed E-state index contributed by atoms with van der Waals surface area (Å²) in [7, 11) is -3.51. The minimum Gasteiger partial charge on any atom is -0.267 e. The zero-order valence-electron chi connectivity index (χ0n) is 17.4. The van der Waals surface area contributed by atoms with Crippen LogP contribution in [0.2, 0.25) is 5.02 Å². The van der Waals surface area contributed by atoms with E-state index in [-0.39, 0.29) is 22.8 Å². The van der Waals surface area contributed by atoms with E-state index >= 15 is 0 Å². The molecular weight excluding hydrogens is 468 g/mol. The molecule has 3 aromatic carbocycles. The molecule has 0 spiro atoms. The Morgan fingerprint density at radius 1 is 1.12 bits per heavy atom. The molecule has 0 radical (unpaired) electrons. The number of nitrogens with one attached hydrogen (secondary N) is 1. The number of carbonyl (C=O) groups excluding carboxylic acids is 1. The van der Waals surface area contributed by atoms with Gasteiger partial charge in [0.25, 0.3) is 11.6 Å². The fourth-order valence-electron chi connectivity index (χ4n) is 2.89. The average molecular weight is 487 g/mol. The number of para-hydroxylation sites is 1. The highest BCUT2D eigenvalue weighted by atomic mass is 35.5. The van der Waals surface area contributed by atoms with E-state index in [4.69, 9.17) is 11.6 Å². The van der Waals surface area contributed by atoms with Gasteiger partial charge in [-0.15, -0.1) is 0 Å². The lowest BCUT2D eigenvalue weighted by Gasteiger charge is -2.22. The number of benzene rings is 3. The smallest absolute Gasteiger partial charge is 0.267 e. The van der Waals surface area contributed by atoms with Gasteiger partial charge in [-0.1, -0.05) is 41.9 Å². The molecule has 33 heavy (non-hydrogen) atoms. The van der Waals surface area contributed by atoms with Crippen molar-refractivity contribution in [3.8, 4) is 0 Å². The topological polar surface area (TPSA) is 122 Å². The Kier molecular flexibility index (Phi) is 7.41. The number of nitrogens with zero attached hydrogens (tertiary/aromatic N) is 3. The molecule has 0 saturated carbocycles. The number of amides is 1. The van der Waals surface area contributed by atoms with Crippen molar-refractivity contribution in [2.75, 3.05) is 10.6 Å². The fraction of sp³-hybridized carbons (Fsp3) is 0.0909. The minimum absolute atomic E-state index is 0.105. The first-order valence-electron chi connectivity index (χ1n) is 9.54. The number of non-ortho nitro benzene ring substituents is 1. The van der Waals surface area contributed by atoms with Crippen molar-refractivity contribution in [2.24, 2.45) is 5.10 Å². The van der Waals surface area contributed by atoms with E-state index in [0.29, 0.717) is 16.8 Å². The van der Waals surface area contributed by atoms with Crippen LogP contribution >= 0.6 is 11.6 Å². The first-order chi connectivity index (χ1) is 15.6. The number of rotatable bonds is 8. The summed E-state index contributed by atoms with van der Waals surface area (Å²) in [5.74, 6) is -0.512. The second-order valence-electron chi connectivity index (χ2n) is 6.96. The van der Waals surface area contributed by atoms with E-state index in [2.05, 4.69) is 10.5 Å². The number of nitro benzene ring substituents is 1. The standard InChI is InChI=1S/C22H19ClN4O5S/c1-33(31,32)26(19-5-3-2-4-6-19)15-16-7-9-17(10-8-16)22(28)25-24-14-18-13-20(27(29)30)11-12-21(18)23/h2-14H,15H2,1H3,(H,25,28)/b24-14-. The third-order valence-electron chi connectivity index (χ3n) is 4.55. The van der Waals surface area contributed by atoms with Crippen molar-refractivity contribution in [3.63, 3.8) is 0 Å². The molecule has 0 aliphatic carbocycles. The second kappa shape index (κ2) is 10.2. The fourth-order valence-corrected chi connectivity index (χ4v) is 3.94. The highest BCUT2D eigenvalue weighted by Crippen LogP contribution is 2.21. The lowest BCUT2D eigenvalue weighted by atomic mass is 10.1. The summed E-state index contributed by atoms with van der Waals surface area (Å²) >= 11 is 6.00. The number of hydrogen-bond donors (Lipinski definition) is 1. The second-order valence-corrected chi connectivity index (χ2v) is 9.28. The quantitative estimate of drug-likeness (QED) is 0.293. The van der Waals surface area contributed by atoms with Crippen LogP contribution in [0.15, 0.2) is 77.9 Å². The third-order valence-corrected chi connectivity index (χ3v) is 6.03. The van der Waals surface area contributed by atoms with Gasteiger partial charge in [0.15, 0.2) is 0 Å². The molecule has 3 aromatic rings. The maximum Gasteiger partial charge on any atom is 0.271 e. The summed E-state index contributed by atoms with van der Waals surface area (Å²) in [6.45, 7) is 0.105. The molecule has 1 amide bonds. The van der Waals surface area contributed by atoms with Gasteiger partial charge >= 0.3 is 0 Å². The van der Waals surface area contributed by atoms with Crippen LogP contribution in [0.3, 0.4) is 0 Å². The molecular formula is C22H19ClN4O5S. The summed E-state index contributed by atoms with van der Waals surface area (Å²) in [5, 5.41) is 14.9. The van der Waals surface area contributed by atoms with E-state index in [1.807, 2.05) is 0 Å². The van der Waals surface area contributed by atoms with Crippen LogP contribution in [0.25, 0.3) is 0 Å². The van der Waals surface area contributed by atoms with Gasteiger partial charge in [-0.05, 0) is 35.9 Å². The van der Waals surface area contributed by atoms with Gasteiger partial charge in [-0.3, -0.25) is 19.2 Å². The molecule has 0 heterocycles. The Bertz CT molecular complexity index is 1300. The zero-order chi connectivity index (χ0) is 24.0. The number of halogens is 1. The van der Waals surface area contributed by atoms with Crippen LogP contribution in [0, 0.1) is 10.1 Å². The SMILES string of the molecule is CS(=O)(=O)N(Cc1ccc(C(=O)N/N=C\c2cc([N+](=O)[O-])ccc2Cl)cc1)c1ccccc1. The van der Waals surface area contributed by atoms with Gasteiger partial charge in [-0.2, -0.15) is 5.10 Å². The maximum absolute atomic E-state index is 12.3. The van der Waals surface area contributed by atoms with Gasteiger partial charge in [0.2, 0.25) is 10.0 Å². The van der Waals surface area contributed by atoms with Crippen LogP contribution in [0.4, 0.5) is 11.4 Å². The number of sulfonamides is 1. The molecule has 11 heteroatoms. The Labute approximate surface area is 195 Å². The van der Waals surface area contributed by atoms with Crippen molar-refractivity contribution in [1.29, 1.82) is 0 Å². The molecule has 0 aromatic heterocycles. The van der Waals surface area contributed by atoms with Crippen LogP contribution in [-0.2, 0) is 16.6 Å². The number of hydrazone groups is 1. The molecule has 0 saturated heterocycles. The van der Waals surface area contributed by atoms with Gasteiger partial charge in [0.05, 0.1) is 29.6 Å². The Morgan fingerprint density at radius 3 is 2.39 bits per heavy atom. The van der Waals surface area contributed by atoms with E-state index in [1.54, 1.807) is 54.6 Å². The summed E-state index contributed by atoms with van der Waals surface area (Å²) in [5.41, 5.74) is 3.98. The highest BCUT2D eigenvalue weighted by Gasteiger charge is 2.18. The zero-order valence-corrected chi connectivity index (χ0v) is 19.0. The van der Waals surface area contributed by atoms with Gasteiger partial charge < -0.3 is 0 Å². The normalized spacial score (nSPS) is 11.3. The van der Waals surface area contributed by atoms with Gasteiger partial charge in [0, 0.05) is 28.3 Å². The molecule has 0 bridgehead atoms. The van der Waals surface area contributed by atoms with Gasteiger partial charge in [0.1, 0.15) is 0 Å². The number of carbonyl (C=O) groups is 1. The summed E-state index contributed by atoms with van der Waals surface area (Å²) in [6.07, 6.45) is 2.35. The van der Waals surface area contributed by atoms with Crippen molar-refractivity contribution >= 4 is 45.1 Å². The van der Waals surface area contributed by atoms with Crippen LogP contribution in [0.5, 0.6) is 0 Å². The van der Waals surface area contributed by atoms with Crippen molar-refractivity contribution in [3.05, 3.63) is 105 Å². The molecule has 0 atom stereocenters. The molecule has 0 fully saturated rings. The molecule has 1 N–H and O–H groups in total. The largest absolute Gasteiger partial charge is 0.271 e. The lowest BCUT2D eigenvalue weighted by Crippen LogP contribution is -2.29. The molecule has 3 rings (SSSR count).